The fourth-order valence-corrected chi connectivity index (χ4v) is 3.62. The molecule has 1 aromatic carbocycles. The van der Waals surface area contributed by atoms with Crippen LogP contribution in [-0.2, 0) is 9.53 Å². The third kappa shape index (κ3) is 3.57. The average Bonchev–Trinajstić information content (AvgIpc) is 2.97. The van der Waals surface area contributed by atoms with Gasteiger partial charge in [-0.1, -0.05) is 13.0 Å². The predicted molar refractivity (Wildman–Crippen MR) is 94.8 cm³/mol. The number of amides is 1. The number of nitrogens with zero attached hydrogens (tertiary/aromatic N) is 2. The Bertz CT molecular complexity index is 941. The molecule has 1 fully saturated rings. The van der Waals surface area contributed by atoms with Crippen LogP contribution in [0.25, 0.3) is 0 Å². The van der Waals surface area contributed by atoms with Gasteiger partial charge in [0, 0.05) is 17.4 Å². The fraction of sp³-hybridized carbons (Fsp3) is 0.421. The number of rotatable bonds is 4. The lowest BCUT2D eigenvalue weighted by molar-refractivity contribution is -0.272. The Hall–Kier alpha value is -2.82. The normalized spacial score (nSPS) is 26.5. The van der Waals surface area contributed by atoms with Crippen LogP contribution in [-0.4, -0.2) is 41.1 Å². The van der Waals surface area contributed by atoms with E-state index in [-0.39, 0.29) is 11.3 Å². The van der Waals surface area contributed by atoms with Crippen LogP contribution in [0, 0.1) is 17.6 Å². The lowest BCUT2D eigenvalue weighted by Gasteiger charge is -2.32. The van der Waals surface area contributed by atoms with Gasteiger partial charge in [0.05, 0.1) is 25.2 Å². The average molecular weight is 431 g/mol. The van der Waals surface area contributed by atoms with Gasteiger partial charge >= 0.3 is 6.18 Å². The van der Waals surface area contributed by atoms with Gasteiger partial charge in [0.25, 0.3) is 5.91 Å². The van der Waals surface area contributed by atoms with Crippen LogP contribution in [0.15, 0.2) is 30.6 Å². The maximum Gasteiger partial charge on any atom is 0.417 e. The van der Waals surface area contributed by atoms with Crippen molar-refractivity contribution in [1.82, 2.24) is 10.2 Å². The third-order valence-electron chi connectivity index (χ3n) is 5.42. The number of methoxy groups -OCH3 is 1. The third-order valence-corrected chi connectivity index (χ3v) is 5.42. The number of benzene rings is 1. The van der Waals surface area contributed by atoms with E-state index in [1.165, 1.54) is 25.4 Å². The van der Waals surface area contributed by atoms with Crippen LogP contribution in [0.4, 0.5) is 27.6 Å². The molecule has 6 nitrogen and oxygen atoms in total. The van der Waals surface area contributed by atoms with E-state index < -0.39 is 53.0 Å². The van der Waals surface area contributed by atoms with Gasteiger partial charge in [-0.3, -0.25) is 4.79 Å². The van der Waals surface area contributed by atoms with Crippen molar-refractivity contribution in [2.24, 2.45) is 5.92 Å². The highest BCUT2D eigenvalue weighted by molar-refractivity contribution is 5.95. The SMILES string of the molecule is COc1c(C2C(C(=O)Nc3ccnnc3)OC(C)(C(F)(F)F)C2C)ccc(F)c1F. The molecular weight excluding hydrogens is 413 g/mol. The van der Waals surface area contributed by atoms with Gasteiger partial charge < -0.3 is 14.8 Å². The van der Waals surface area contributed by atoms with Crippen molar-refractivity contribution in [2.45, 2.75) is 37.6 Å². The quantitative estimate of drug-likeness (QED) is 0.745. The number of ether oxygens (including phenoxy) is 2. The number of hydrogen-bond acceptors (Lipinski definition) is 5. The van der Waals surface area contributed by atoms with Crippen molar-refractivity contribution in [2.75, 3.05) is 12.4 Å². The van der Waals surface area contributed by atoms with E-state index in [9.17, 15) is 26.7 Å². The van der Waals surface area contributed by atoms with Crippen LogP contribution in [0.2, 0.25) is 0 Å². The second kappa shape index (κ2) is 7.78. The Morgan fingerprint density at radius 2 is 1.93 bits per heavy atom. The molecule has 162 valence electrons. The molecule has 0 spiro atoms. The summed E-state index contributed by atoms with van der Waals surface area (Å²) in [7, 11) is 1.06. The zero-order valence-corrected chi connectivity index (χ0v) is 16.1. The molecular formula is C19H18F5N3O3. The van der Waals surface area contributed by atoms with Gasteiger partial charge in [-0.2, -0.15) is 27.8 Å². The van der Waals surface area contributed by atoms with Crippen LogP contribution in [0.5, 0.6) is 5.75 Å². The minimum Gasteiger partial charge on any atom is -0.493 e. The highest BCUT2D eigenvalue weighted by Crippen LogP contribution is 2.54. The molecule has 2 heterocycles. The zero-order valence-electron chi connectivity index (χ0n) is 16.1. The second-order valence-corrected chi connectivity index (χ2v) is 7.06. The van der Waals surface area contributed by atoms with E-state index in [0.29, 0.717) is 0 Å². The first-order chi connectivity index (χ1) is 14.0. The van der Waals surface area contributed by atoms with E-state index >= 15 is 0 Å². The standard InChI is InChI=1S/C19H18F5N3O3/c1-9-13(11-4-5-12(20)14(21)15(11)29-3)16(30-18(9,2)19(22,23)24)17(28)27-10-6-7-25-26-8-10/h4-9,13,16H,1-3H3,(H,25,27,28). The Morgan fingerprint density at radius 3 is 2.50 bits per heavy atom. The summed E-state index contributed by atoms with van der Waals surface area (Å²) in [5, 5.41) is 9.54. The number of halogens is 5. The lowest BCUT2D eigenvalue weighted by Crippen LogP contribution is -2.47. The number of nitrogens with one attached hydrogen (secondary N) is 1. The monoisotopic (exact) mass is 431 g/mol. The van der Waals surface area contributed by atoms with Crippen LogP contribution in [0.3, 0.4) is 0 Å². The maximum absolute atomic E-state index is 14.3. The highest BCUT2D eigenvalue weighted by Gasteiger charge is 2.65. The van der Waals surface area contributed by atoms with Crippen molar-refractivity contribution < 1.29 is 36.2 Å². The number of carbonyl (C=O) groups is 1. The number of anilines is 1. The second-order valence-electron chi connectivity index (χ2n) is 7.06. The molecule has 30 heavy (non-hydrogen) atoms. The van der Waals surface area contributed by atoms with Crippen molar-refractivity contribution in [3.05, 3.63) is 47.8 Å². The summed E-state index contributed by atoms with van der Waals surface area (Å²) in [6.07, 6.45) is -4.02. The Labute approximate surface area is 168 Å². The first kappa shape index (κ1) is 21.9. The van der Waals surface area contributed by atoms with E-state index in [1.807, 2.05) is 0 Å². The molecule has 11 heteroatoms. The summed E-state index contributed by atoms with van der Waals surface area (Å²) in [5.74, 6) is -6.69. The van der Waals surface area contributed by atoms with Gasteiger partial charge in [0.2, 0.25) is 5.82 Å². The van der Waals surface area contributed by atoms with Gasteiger partial charge in [0.15, 0.2) is 17.2 Å². The fourth-order valence-electron chi connectivity index (χ4n) is 3.62. The van der Waals surface area contributed by atoms with Crippen molar-refractivity contribution in [1.29, 1.82) is 0 Å². The van der Waals surface area contributed by atoms with Crippen LogP contribution >= 0.6 is 0 Å². The number of alkyl halides is 3. The number of aromatic nitrogens is 2. The minimum absolute atomic E-state index is 0.107. The molecule has 1 saturated heterocycles. The highest BCUT2D eigenvalue weighted by atomic mass is 19.4. The van der Waals surface area contributed by atoms with Gasteiger partial charge in [-0.15, -0.1) is 0 Å². The van der Waals surface area contributed by atoms with Crippen LogP contribution in [0.1, 0.15) is 25.3 Å². The molecule has 1 aliphatic rings. The summed E-state index contributed by atoms with van der Waals surface area (Å²) in [6, 6.07) is 3.25. The molecule has 0 bridgehead atoms. The van der Waals surface area contributed by atoms with Gasteiger partial charge in [-0.25, -0.2) is 4.39 Å². The largest absolute Gasteiger partial charge is 0.493 e. The molecule has 1 N–H and O–H groups in total. The van der Waals surface area contributed by atoms with Crippen LogP contribution < -0.4 is 10.1 Å². The van der Waals surface area contributed by atoms with Gasteiger partial charge in [0.1, 0.15) is 6.10 Å². The Balaban J connectivity index is 2.09. The van der Waals surface area contributed by atoms with E-state index in [2.05, 4.69) is 15.5 Å². The van der Waals surface area contributed by atoms with E-state index in [1.54, 1.807) is 0 Å². The molecule has 4 unspecified atom stereocenters. The van der Waals surface area contributed by atoms with E-state index in [4.69, 9.17) is 9.47 Å². The number of carbonyl (C=O) groups excluding carboxylic acids is 1. The molecule has 3 rings (SSSR count). The summed E-state index contributed by atoms with van der Waals surface area (Å²) < 4.78 is 79.6. The summed E-state index contributed by atoms with van der Waals surface area (Å²) in [6.45, 7) is 2.05. The first-order valence-electron chi connectivity index (χ1n) is 8.85. The zero-order chi connectivity index (χ0) is 22.3. The molecule has 1 aliphatic heterocycles. The first-order valence-corrected chi connectivity index (χ1v) is 8.85. The molecule has 1 aromatic heterocycles. The molecule has 0 aliphatic carbocycles. The van der Waals surface area contributed by atoms with E-state index in [0.717, 1.165) is 26.2 Å². The Kier molecular flexibility index (Phi) is 5.68. The molecule has 4 atom stereocenters. The van der Waals surface area contributed by atoms with Crippen molar-refractivity contribution >= 4 is 11.6 Å². The molecule has 2 aromatic rings. The smallest absolute Gasteiger partial charge is 0.417 e. The minimum atomic E-state index is -4.83. The van der Waals surface area contributed by atoms with Gasteiger partial charge in [-0.05, 0) is 19.1 Å². The van der Waals surface area contributed by atoms with Crippen molar-refractivity contribution in [3.8, 4) is 5.75 Å². The molecule has 0 saturated carbocycles. The summed E-state index contributed by atoms with van der Waals surface area (Å²) >= 11 is 0. The molecule has 1 amide bonds. The Morgan fingerprint density at radius 1 is 1.23 bits per heavy atom. The lowest BCUT2D eigenvalue weighted by atomic mass is 9.77. The summed E-state index contributed by atoms with van der Waals surface area (Å²) in [4.78, 5) is 12.8. The maximum atomic E-state index is 14.3. The predicted octanol–water partition coefficient (Wildman–Crippen LogP) is 3.84. The molecule has 0 radical (unpaired) electrons. The summed E-state index contributed by atoms with van der Waals surface area (Å²) in [5.41, 5.74) is -2.64. The number of hydrogen-bond donors (Lipinski definition) is 1. The van der Waals surface area contributed by atoms with Crippen molar-refractivity contribution in [3.63, 3.8) is 0 Å². The topological polar surface area (TPSA) is 73.3 Å².